The third-order valence-corrected chi connectivity index (χ3v) is 4.27. The minimum absolute atomic E-state index is 0.225. The molecule has 2 heterocycles. The molecule has 1 fully saturated rings. The van der Waals surface area contributed by atoms with Crippen LogP contribution in [0.4, 0.5) is 11.4 Å². The van der Waals surface area contributed by atoms with Gasteiger partial charge >= 0.3 is 5.97 Å². The average molecular weight is 339 g/mol. The molecule has 130 valence electrons. The van der Waals surface area contributed by atoms with Gasteiger partial charge in [-0.25, -0.2) is 4.79 Å². The number of piperidine rings is 1. The molecule has 0 radical (unpaired) electrons. The van der Waals surface area contributed by atoms with Gasteiger partial charge in [0.05, 0.1) is 30.1 Å². The number of carbonyl (C=O) groups is 2. The second-order valence-corrected chi connectivity index (χ2v) is 6.00. The summed E-state index contributed by atoms with van der Waals surface area (Å²) in [4.78, 5) is 30.4. The predicted octanol–water partition coefficient (Wildman–Crippen LogP) is 3.11. The van der Waals surface area contributed by atoms with Crippen molar-refractivity contribution in [3.05, 3.63) is 53.9 Å². The van der Waals surface area contributed by atoms with Crippen LogP contribution in [0.25, 0.3) is 0 Å². The van der Waals surface area contributed by atoms with Crippen molar-refractivity contribution in [1.82, 2.24) is 4.98 Å². The summed E-state index contributed by atoms with van der Waals surface area (Å²) in [5.74, 6) is -0.631. The molecule has 6 nitrogen and oxygen atoms in total. The molecule has 0 bridgehead atoms. The third kappa shape index (κ3) is 4.15. The number of aromatic nitrogens is 1. The van der Waals surface area contributed by atoms with Crippen LogP contribution in [0, 0.1) is 0 Å². The maximum atomic E-state index is 12.5. The highest BCUT2D eigenvalue weighted by atomic mass is 16.5. The largest absolute Gasteiger partial charge is 0.465 e. The monoisotopic (exact) mass is 339 g/mol. The van der Waals surface area contributed by atoms with Crippen LogP contribution in [0.15, 0.2) is 42.7 Å². The zero-order chi connectivity index (χ0) is 17.6. The van der Waals surface area contributed by atoms with Gasteiger partial charge in [0.2, 0.25) is 0 Å². The van der Waals surface area contributed by atoms with E-state index in [1.165, 1.54) is 26.4 Å². The molecular weight excluding hydrogens is 318 g/mol. The van der Waals surface area contributed by atoms with Crippen molar-refractivity contribution in [3.63, 3.8) is 0 Å². The van der Waals surface area contributed by atoms with Crippen molar-refractivity contribution < 1.29 is 14.3 Å². The number of ether oxygens (including phenoxy) is 1. The Morgan fingerprint density at radius 2 is 1.76 bits per heavy atom. The van der Waals surface area contributed by atoms with Gasteiger partial charge in [0.15, 0.2) is 0 Å². The summed E-state index contributed by atoms with van der Waals surface area (Å²) >= 11 is 0. The van der Waals surface area contributed by atoms with Crippen molar-refractivity contribution in [2.24, 2.45) is 0 Å². The second kappa shape index (κ2) is 7.79. The maximum absolute atomic E-state index is 12.5. The van der Waals surface area contributed by atoms with Crippen molar-refractivity contribution in [1.29, 1.82) is 0 Å². The van der Waals surface area contributed by atoms with E-state index in [2.05, 4.69) is 19.9 Å². The van der Waals surface area contributed by atoms with E-state index in [0.29, 0.717) is 16.8 Å². The van der Waals surface area contributed by atoms with Crippen LogP contribution in [0.1, 0.15) is 40.0 Å². The van der Waals surface area contributed by atoms with E-state index in [9.17, 15) is 9.59 Å². The molecule has 1 aromatic heterocycles. The summed E-state index contributed by atoms with van der Waals surface area (Å²) in [7, 11) is 1.33. The van der Waals surface area contributed by atoms with Crippen LogP contribution in [0.2, 0.25) is 0 Å². The standard InChI is InChI=1S/C19H21N3O3/c1-25-19(24)14-5-7-16(8-6-14)21-18(23)15-11-17(13-20-12-15)22-9-3-2-4-10-22/h5-8,11-13H,2-4,9-10H2,1H3,(H,21,23). The van der Waals surface area contributed by atoms with E-state index in [1.807, 2.05) is 6.07 Å². The molecule has 0 atom stereocenters. The smallest absolute Gasteiger partial charge is 0.337 e. The fourth-order valence-corrected chi connectivity index (χ4v) is 2.89. The lowest BCUT2D eigenvalue weighted by molar-refractivity contribution is 0.0600. The molecule has 0 spiro atoms. The zero-order valence-corrected chi connectivity index (χ0v) is 14.2. The molecule has 1 amide bonds. The highest BCUT2D eigenvalue weighted by Crippen LogP contribution is 2.20. The Kier molecular flexibility index (Phi) is 5.28. The zero-order valence-electron chi connectivity index (χ0n) is 14.2. The predicted molar refractivity (Wildman–Crippen MR) is 96.0 cm³/mol. The van der Waals surface area contributed by atoms with Gasteiger partial charge < -0.3 is 15.0 Å². The minimum Gasteiger partial charge on any atom is -0.465 e. The normalized spacial score (nSPS) is 14.0. The van der Waals surface area contributed by atoms with E-state index < -0.39 is 5.97 Å². The average Bonchev–Trinajstić information content (AvgIpc) is 2.68. The number of anilines is 2. The first-order chi connectivity index (χ1) is 12.2. The van der Waals surface area contributed by atoms with Crippen molar-refractivity contribution in [2.45, 2.75) is 19.3 Å². The number of methoxy groups -OCH3 is 1. The highest BCUT2D eigenvalue weighted by Gasteiger charge is 2.14. The van der Waals surface area contributed by atoms with Gasteiger partial charge in [-0.05, 0) is 49.6 Å². The summed E-state index contributed by atoms with van der Waals surface area (Å²) in [6.07, 6.45) is 6.95. The summed E-state index contributed by atoms with van der Waals surface area (Å²) in [5.41, 5.74) is 2.55. The number of nitrogens with one attached hydrogen (secondary N) is 1. The van der Waals surface area contributed by atoms with Crippen LogP contribution in [0.5, 0.6) is 0 Å². The summed E-state index contributed by atoms with van der Waals surface area (Å²) < 4.78 is 4.66. The van der Waals surface area contributed by atoms with Gasteiger partial charge in [0.1, 0.15) is 0 Å². The Hall–Kier alpha value is -2.89. The molecule has 1 aliphatic heterocycles. The van der Waals surface area contributed by atoms with Crippen LogP contribution < -0.4 is 10.2 Å². The maximum Gasteiger partial charge on any atom is 0.337 e. The van der Waals surface area contributed by atoms with Crippen LogP contribution in [-0.2, 0) is 4.74 Å². The first-order valence-electron chi connectivity index (χ1n) is 8.37. The van der Waals surface area contributed by atoms with Crippen molar-refractivity contribution in [2.75, 3.05) is 30.4 Å². The Morgan fingerprint density at radius 1 is 1.04 bits per heavy atom. The lowest BCUT2D eigenvalue weighted by Gasteiger charge is -2.28. The Morgan fingerprint density at radius 3 is 2.44 bits per heavy atom. The molecule has 0 saturated carbocycles. The number of esters is 1. The molecule has 1 saturated heterocycles. The molecule has 1 N–H and O–H groups in total. The van der Waals surface area contributed by atoms with E-state index >= 15 is 0 Å². The van der Waals surface area contributed by atoms with Crippen molar-refractivity contribution >= 4 is 23.3 Å². The number of benzene rings is 1. The number of nitrogens with zero attached hydrogens (tertiary/aromatic N) is 2. The third-order valence-electron chi connectivity index (χ3n) is 4.27. The Balaban J connectivity index is 1.69. The number of amides is 1. The molecule has 1 aliphatic rings. The van der Waals surface area contributed by atoms with Gasteiger partial charge in [-0.15, -0.1) is 0 Å². The second-order valence-electron chi connectivity index (χ2n) is 6.00. The number of carbonyl (C=O) groups excluding carboxylic acids is 2. The lowest BCUT2D eigenvalue weighted by Crippen LogP contribution is -2.29. The van der Waals surface area contributed by atoms with Crippen molar-refractivity contribution in [3.8, 4) is 0 Å². The molecular formula is C19H21N3O3. The topological polar surface area (TPSA) is 71.5 Å². The summed E-state index contributed by atoms with van der Waals surface area (Å²) in [6.45, 7) is 2.00. The minimum atomic E-state index is -0.406. The lowest BCUT2D eigenvalue weighted by atomic mass is 10.1. The summed E-state index contributed by atoms with van der Waals surface area (Å²) in [6, 6.07) is 8.45. The van der Waals surface area contributed by atoms with E-state index in [4.69, 9.17) is 0 Å². The van der Waals surface area contributed by atoms with Gasteiger partial charge in [-0.2, -0.15) is 0 Å². The number of pyridine rings is 1. The van der Waals surface area contributed by atoms with Gasteiger partial charge in [0.25, 0.3) is 5.91 Å². The molecule has 1 aromatic carbocycles. The SMILES string of the molecule is COC(=O)c1ccc(NC(=O)c2cncc(N3CCCCC3)c2)cc1. The fraction of sp³-hybridized carbons (Fsp3) is 0.316. The quantitative estimate of drug-likeness (QED) is 0.867. The Bertz CT molecular complexity index is 753. The van der Waals surface area contributed by atoms with E-state index in [-0.39, 0.29) is 5.91 Å². The molecule has 25 heavy (non-hydrogen) atoms. The molecule has 0 aliphatic carbocycles. The van der Waals surface area contributed by atoms with Gasteiger partial charge in [0, 0.05) is 25.0 Å². The van der Waals surface area contributed by atoms with Gasteiger partial charge in [-0.1, -0.05) is 0 Å². The molecule has 2 aromatic rings. The van der Waals surface area contributed by atoms with Crippen LogP contribution in [-0.4, -0.2) is 37.1 Å². The number of hydrogen-bond acceptors (Lipinski definition) is 5. The van der Waals surface area contributed by atoms with Crippen LogP contribution in [0.3, 0.4) is 0 Å². The number of rotatable bonds is 4. The first kappa shape index (κ1) is 17.0. The van der Waals surface area contributed by atoms with E-state index in [1.54, 1.807) is 36.7 Å². The first-order valence-corrected chi connectivity index (χ1v) is 8.37. The molecule has 3 rings (SSSR count). The Labute approximate surface area is 146 Å². The van der Waals surface area contributed by atoms with Crippen LogP contribution >= 0.6 is 0 Å². The fourth-order valence-electron chi connectivity index (χ4n) is 2.89. The van der Waals surface area contributed by atoms with Gasteiger partial charge in [-0.3, -0.25) is 9.78 Å². The molecule has 0 unspecified atom stereocenters. The summed E-state index contributed by atoms with van der Waals surface area (Å²) in [5, 5.41) is 2.82. The highest BCUT2D eigenvalue weighted by molar-refractivity contribution is 6.04. The number of hydrogen-bond donors (Lipinski definition) is 1. The van der Waals surface area contributed by atoms with E-state index in [0.717, 1.165) is 18.8 Å². The molecule has 6 heteroatoms.